The highest BCUT2D eigenvalue weighted by atomic mass is 127. The lowest BCUT2D eigenvalue weighted by atomic mass is 10.2. The van der Waals surface area contributed by atoms with Gasteiger partial charge in [0.25, 0.3) is 0 Å². The molecule has 0 saturated carbocycles. The number of ether oxygens (including phenoxy) is 2. The molecule has 0 aliphatic carbocycles. The molecule has 6 heteroatoms. The van der Waals surface area contributed by atoms with Crippen LogP contribution in [-0.4, -0.2) is 47.2 Å². The minimum atomic E-state index is -0.611. The zero-order valence-electron chi connectivity index (χ0n) is 10.2. The highest BCUT2D eigenvalue weighted by molar-refractivity contribution is 14.1. The van der Waals surface area contributed by atoms with Crippen molar-refractivity contribution in [2.45, 2.75) is 32.4 Å². The van der Waals surface area contributed by atoms with E-state index in [-0.39, 0.29) is 0 Å². The molecule has 94 valence electrons. The number of likely N-dealkylation sites (N-methyl/N-ethyl adjacent to an activating group) is 1. The van der Waals surface area contributed by atoms with Gasteiger partial charge in [-0.15, -0.1) is 0 Å². The van der Waals surface area contributed by atoms with Crippen LogP contribution in [0, 0.1) is 0 Å². The molecule has 0 bridgehead atoms. The Morgan fingerprint density at radius 3 is 2.19 bits per heavy atom. The Morgan fingerprint density at radius 2 is 1.88 bits per heavy atom. The van der Waals surface area contributed by atoms with Gasteiger partial charge in [0.05, 0.1) is 7.11 Å². The first-order valence-corrected chi connectivity index (χ1v) is 6.35. The van der Waals surface area contributed by atoms with Crippen molar-refractivity contribution in [2.75, 3.05) is 18.6 Å². The van der Waals surface area contributed by atoms with Gasteiger partial charge in [-0.25, -0.2) is 9.59 Å². The van der Waals surface area contributed by atoms with Crippen LogP contribution in [0.3, 0.4) is 0 Å². The lowest BCUT2D eigenvalue weighted by Crippen LogP contribution is -2.46. The smallest absolute Gasteiger partial charge is 0.410 e. The Bertz CT molecular complexity index is 262. The highest BCUT2D eigenvalue weighted by Gasteiger charge is 2.29. The predicted molar refractivity (Wildman–Crippen MR) is 68.7 cm³/mol. The number of methoxy groups -OCH3 is 1. The molecule has 0 aromatic rings. The third-order valence-corrected chi connectivity index (χ3v) is 2.60. The van der Waals surface area contributed by atoms with Crippen LogP contribution in [0.1, 0.15) is 20.8 Å². The van der Waals surface area contributed by atoms with Gasteiger partial charge in [-0.3, -0.25) is 4.90 Å². The van der Waals surface area contributed by atoms with Crippen LogP contribution in [0.4, 0.5) is 4.79 Å². The van der Waals surface area contributed by atoms with Crippen molar-refractivity contribution in [2.24, 2.45) is 0 Å². The summed E-state index contributed by atoms with van der Waals surface area (Å²) >= 11 is 2.02. The third-order valence-electron chi connectivity index (χ3n) is 1.77. The molecule has 0 aliphatic heterocycles. The first kappa shape index (κ1) is 15.5. The number of nitrogens with zero attached hydrogens (tertiary/aromatic N) is 1. The van der Waals surface area contributed by atoms with Crippen molar-refractivity contribution >= 4 is 34.7 Å². The maximum absolute atomic E-state index is 11.7. The topological polar surface area (TPSA) is 55.8 Å². The summed E-state index contributed by atoms with van der Waals surface area (Å²) in [5, 5.41) is 0. The van der Waals surface area contributed by atoms with Gasteiger partial charge in [-0.1, -0.05) is 22.6 Å². The van der Waals surface area contributed by atoms with Gasteiger partial charge in [0.1, 0.15) is 11.6 Å². The van der Waals surface area contributed by atoms with E-state index in [2.05, 4.69) is 4.74 Å². The maximum atomic E-state index is 11.7. The van der Waals surface area contributed by atoms with E-state index in [1.54, 1.807) is 20.8 Å². The molecule has 0 heterocycles. The second-order valence-corrected chi connectivity index (χ2v) is 5.17. The van der Waals surface area contributed by atoms with Gasteiger partial charge in [-0.2, -0.15) is 0 Å². The number of hydrogen-bond acceptors (Lipinski definition) is 4. The fraction of sp³-hybridized carbons (Fsp3) is 0.800. The number of carbonyl (C=O) groups is 2. The molecule has 0 radical (unpaired) electrons. The highest BCUT2D eigenvalue weighted by Crippen LogP contribution is 2.12. The first-order valence-electron chi connectivity index (χ1n) is 4.82. The summed E-state index contributed by atoms with van der Waals surface area (Å²) in [4.78, 5) is 24.3. The van der Waals surface area contributed by atoms with E-state index in [4.69, 9.17) is 4.74 Å². The summed E-state index contributed by atoms with van der Waals surface area (Å²) in [6.45, 7) is 5.32. The first-order chi connectivity index (χ1) is 7.22. The minimum absolute atomic E-state index is 0.442. The van der Waals surface area contributed by atoms with Gasteiger partial charge < -0.3 is 9.47 Å². The van der Waals surface area contributed by atoms with Gasteiger partial charge in [0.2, 0.25) is 0 Å². The van der Waals surface area contributed by atoms with Gasteiger partial charge in [-0.05, 0) is 20.8 Å². The molecule has 1 amide bonds. The van der Waals surface area contributed by atoms with Crippen molar-refractivity contribution in [3.63, 3.8) is 0 Å². The van der Waals surface area contributed by atoms with Crippen LogP contribution >= 0.6 is 22.6 Å². The monoisotopic (exact) mass is 343 g/mol. The molecule has 0 fully saturated rings. The van der Waals surface area contributed by atoms with Crippen LogP contribution in [-0.2, 0) is 14.3 Å². The Labute approximate surface area is 110 Å². The standard InChI is InChI=1S/C10H18INO4/c1-10(2,3)16-9(14)12(4)7(6-11)8(13)15-5/h7H,6H2,1-5H3/t7-/m1/s1. The third kappa shape index (κ3) is 5.00. The minimum Gasteiger partial charge on any atom is -0.467 e. The van der Waals surface area contributed by atoms with E-state index in [1.807, 2.05) is 22.6 Å². The number of carbonyl (C=O) groups excluding carboxylic acids is 2. The van der Waals surface area contributed by atoms with Crippen molar-refractivity contribution < 1.29 is 19.1 Å². The van der Waals surface area contributed by atoms with Crippen LogP contribution in [0.25, 0.3) is 0 Å². The lowest BCUT2D eigenvalue weighted by Gasteiger charge is -2.28. The van der Waals surface area contributed by atoms with Crippen LogP contribution in [0.2, 0.25) is 0 Å². The molecule has 0 N–H and O–H groups in total. The predicted octanol–water partition coefficient (Wildman–Crippen LogP) is 1.83. The molecule has 0 aromatic carbocycles. The number of amides is 1. The number of halogens is 1. The van der Waals surface area contributed by atoms with E-state index in [0.717, 1.165) is 0 Å². The summed E-state index contributed by atoms with van der Waals surface area (Å²) in [5.41, 5.74) is -0.572. The van der Waals surface area contributed by atoms with Crippen molar-refractivity contribution in [1.82, 2.24) is 4.90 Å². The Morgan fingerprint density at radius 1 is 1.38 bits per heavy atom. The van der Waals surface area contributed by atoms with Crippen molar-refractivity contribution in [3.8, 4) is 0 Å². The van der Waals surface area contributed by atoms with Crippen molar-refractivity contribution in [1.29, 1.82) is 0 Å². The van der Waals surface area contributed by atoms with Gasteiger partial charge in [0, 0.05) is 11.5 Å². The summed E-state index contributed by atoms with van der Waals surface area (Å²) < 4.78 is 10.2. The molecule has 0 rings (SSSR count). The Balaban J connectivity index is 4.57. The van der Waals surface area contributed by atoms with Gasteiger partial charge >= 0.3 is 12.1 Å². The van der Waals surface area contributed by atoms with Crippen molar-refractivity contribution in [3.05, 3.63) is 0 Å². The lowest BCUT2D eigenvalue weighted by molar-refractivity contribution is -0.145. The second-order valence-electron chi connectivity index (χ2n) is 4.28. The summed E-state index contributed by atoms with van der Waals surface area (Å²) in [5.74, 6) is -0.442. The Hall–Kier alpha value is -0.530. The number of esters is 1. The molecule has 0 unspecified atom stereocenters. The summed E-state index contributed by atoms with van der Waals surface area (Å²) in [6.07, 6.45) is -0.528. The van der Waals surface area contributed by atoms with E-state index in [9.17, 15) is 9.59 Å². The average molecular weight is 343 g/mol. The van der Waals surface area contributed by atoms with E-state index in [1.165, 1.54) is 19.1 Å². The quantitative estimate of drug-likeness (QED) is 0.446. The molecule has 0 spiro atoms. The molecule has 16 heavy (non-hydrogen) atoms. The summed E-state index contributed by atoms with van der Waals surface area (Å²) in [7, 11) is 2.82. The zero-order chi connectivity index (χ0) is 12.9. The van der Waals surface area contributed by atoms with Crippen LogP contribution < -0.4 is 0 Å². The van der Waals surface area contributed by atoms with Crippen LogP contribution in [0.5, 0.6) is 0 Å². The number of hydrogen-bond donors (Lipinski definition) is 0. The second kappa shape index (κ2) is 6.27. The SMILES string of the molecule is COC(=O)[C@@H](CI)N(C)C(=O)OC(C)(C)C. The largest absolute Gasteiger partial charge is 0.467 e. The molecular formula is C10H18INO4. The normalized spacial score (nSPS) is 12.9. The molecule has 0 saturated heterocycles. The zero-order valence-corrected chi connectivity index (χ0v) is 12.4. The molecular weight excluding hydrogens is 325 g/mol. The van der Waals surface area contributed by atoms with E-state index >= 15 is 0 Å². The molecule has 5 nitrogen and oxygen atoms in total. The maximum Gasteiger partial charge on any atom is 0.410 e. The van der Waals surface area contributed by atoms with E-state index < -0.39 is 23.7 Å². The molecule has 0 aliphatic rings. The molecule has 0 aromatic heterocycles. The van der Waals surface area contributed by atoms with Gasteiger partial charge in [0.15, 0.2) is 0 Å². The van der Waals surface area contributed by atoms with E-state index in [0.29, 0.717) is 4.43 Å². The van der Waals surface area contributed by atoms with Crippen LogP contribution in [0.15, 0.2) is 0 Å². The fourth-order valence-electron chi connectivity index (χ4n) is 0.922. The average Bonchev–Trinajstić information content (AvgIpc) is 2.15. The molecule has 1 atom stereocenters. The summed E-state index contributed by atoms with van der Waals surface area (Å²) in [6, 6.07) is -0.611. The number of alkyl halides is 1. The fourth-order valence-corrected chi connectivity index (χ4v) is 1.87. The Kier molecular flexibility index (Phi) is 6.06. The number of rotatable bonds is 3.